The van der Waals surface area contributed by atoms with Crippen LogP contribution in [0.3, 0.4) is 0 Å². The minimum Gasteiger partial charge on any atom is -0.486 e. The van der Waals surface area contributed by atoms with Crippen molar-refractivity contribution in [1.82, 2.24) is 9.13 Å². The third-order valence-electron chi connectivity index (χ3n) is 5.51. The molecule has 1 aliphatic heterocycles. The van der Waals surface area contributed by atoms with E-state index < -0.39 is 34.6 Å². The van der Waals surface area contributed by atoms with Crippen LogP contribution in [0.15, 0.2) is 47.4 Å². The van der Waals surface area contributed by atoms with Crippen molar-refractivity contribution in [3.8, 4) is 11.5 Å². The molecule has 0 saturated heterocycles. The van der Waals surface area contributed by atoms with E-state index in [1.54, 1.807) is 13.0 Å². The van der Waals surface area contributed by atoms with Crippen molar-refractivity contribution in [2.24, 2.45) is 0 Å². The summed E-state index contributed by atoms with van der Waals surface area (Å²) < 4.78 is 53.6. The standard InChI is InChI=1S/C23H20ClF3N2O4/c1-13-7-17(19(30)11-28-9-15(23(25,26)27)8-18(24)22(28)31)14(2)29(13)10-16-12-32-20-5-3-4-6-21(20)33-16/h3-9,16H,10-12H2,1-2H3. The average molecular weight is 481 g/mol. The number of aryl methyl sites for hydroxylation is 1. The van der Waals surface area contributed by atoms with Gasteiger partial charge >= 0.3 is 6.18 Å². The van der Waals surface area contributed by atoms with Gasteiger partial charge in [-0.1, -0.05) is 23.7 Å². The zero-order valence-electron chi connectivity index (χ0n) is 17.8. The van der Waals surface area contributed by atoms with Gasteiger partial charge in [0, 0.05) is 23.1 Å². The lowest BCUT2D eigenvalue weighted by molar-refractivity contribution is -0.138. The second-order valence-electron chi connectivity index (χ2n) is 7.82. The molecule has 2 aromatic heterocycles. The number of Topliss-reactive ketones (excluding diaryl/α,β-unsaturated/α-hetero) is 1. The summed E-state index contributed by atoms with van der Waals surface area (Å²) in [7, 11) is 0. The van der Waals surface area contributed by atoms with E-state index >= 15 is 0 Å². The topological polar surface area (TPSA) is 62.5 Å². The lowest BCUT2D eigenvalue weighted by Crippen LogP contribution is -2.33. The fourth-order valence-corrected chi connectivity index (χ4v) is 4.06. The highest BCUT2D eigenvalue weighted by atomic mass is 35.5. The van der Waals surface area contributed by atoms with Crippen molar-refractivity contribution in [3.05, 3.63) is 80.5 Å². The third-order valence-corrected chi connectivity index (χ3v) is 5.78. The Kier molecular flexibility index (Phi) is 6.00. The largest absolute Gasteiger partial charge is 0.486 e. The fourth-order valence-electron chi connectivity index (χ4n) is 3.83. The van der Waals surface area contributed by atoms with Crippen LogP contribution in [0.1, 0.15) is 27.3 Å². The van der Waals surface area contributed by atoms with Crippen LogP contribution < -0.4 is 15.0 Å². The number of fused-ring (bicyclic) bond motifs is 1. The number of ketones is 1. The molecule has 0 bridgehead atoms. The number of benzene rings is 1. The van der Waals surface area contributed by atoms with E-state index in [1.165, 1.54) is 0 Å². The van der Waals surface area contributed by atoms with Gasteiger partial charge in [0.05, 0.1) is 18.7 Å². The van der Waals surface area contributed by atoms with Crippen molar-refractivity contribution in [1.29, 1.82) is 0 Å². The van der Waals surface area contributed by atoms with Crippen molar-refractivity contribution < 1.29 is 27.4 Å². The van der Waals surface area contributed by atoms with Crippen LogP contribution in [0.5, 0.6) is 11.5 Å². The number of nitrogens with zero attached hydrogens (tertiary/aromatic N) is 2. The van der Waals surface area contributed by atoms with Gasteiger partial charge in [0.2, 0.25) is 0 Å². The highest BCUT2D eigenvalue weighted by Crippen LogP contribution is 2.32. The quantitative estimate of drug-likeness (QED) is 0.498. The molecule has 1 aromatic carbocycles. The number of hydrogen-bond donors (Lipinski definition) is 0. The predicted octanol–water partition coefficient (Wildman–Crippen LogP) is 4.66. The number of rotatable bonds is 5. The van der Waals surface area contributed by atoms with Gasteiger partial charge in [-0.05, 0) is 38.1 Å². The van der Waals surface area contributed by atoms with E-state index in [-0.39, 0.29) is 6.10 Å². The summed E-state index contributed by atoms with van der Waals surface area (Å²) in [5.74, 6) is 0.794. The minimum absolute atomic E-state index is 0.294. The maximum Gasteiger partial charge on any atom is 0.417 e. The van der Waals surface area contributed by atoms with E-state index in [9.17, 15) is 22.8 Å². The van der Waals surface area contributed by atoms with Gasteiger partial charge < -0.3 is 18.6 Å². The summed E-state index contributed by atoms with van der Waals surface area (Å²) in [6.07, 6.45) is -4.38. The van der Waals surface area contributed by atoms with Gasteiger partial charge in [-0.3, -0.25) is 9.59 Å². The van der Waals surface area contributed by atoms with Crippen LogP contribution in [0.25, 0.3) is 0 Å². The molecule has 33 heavy (non-hydrogen) atoms. The van der Waals surface area contributed by atoms with Crippen molar-refractivity contribution in [3.63, 3.8) is 0 Å². The minimum atomic E-state index is -4.70. The van der Waals surface area contributed by atoms with Gasteiger partial charge in [0.1, 0.15) is 11.6 Å². The number of ether oxygens (including phenoxy) is 2. The predicted molar refractivity (Wildman–Crippen MR) is 115 cm³/mol. The maximum absolute atomic E-state index is 13.1. The molecule has 6 nitrogen and oxygen atoms in total. The molecule has 10 heteroatoms. The van der Waals surface area contributed by atoms with E-state index in [0.717, 1.165) is 5.69 Å². The average Bonchev–Trinajstić information content (AvgIpc) is 3.04. The number of carbonyl (C=O) groups excluding carboxylic acids is 1. The Morgan fingerprint density at radius 2 is 1.88 bits per heavy atom. The van der Waals surface area contributed by atoms with Gasteiger partial charge in [-0.15, -0.1) is 0 Å². The summed E-state index contributed by atoms with van der Waals surface area (Å²) in [6, 6.07) is 9.52. The van der Waals surface area contributed by atoms with E-state index in [2.05, 4.69) is 0 Å². The molecule has 1 aliphatic rings. The Balaban J connectivity index is 1.56. The second kappa shape index (κ2) is 8.62. The number of aromatic nitrogens is 2. The molecular weight excluding hydrogens is 461 g/mol. The Hall–Kier alpha value is -3.20. The van der Waals surface area contributed by atoms with Crippen LogP contribution in [0.2, 0.25) is 5.02 Å². The number of halogens is 4. The number of pyridine rings is 1. The molecule has 3 heterocycles. The SMILES string of the molecule is Cc1cc(C(=O)Cn2cc(C(F)(F)F)cc(Cl)c2=O)c(C)n1CC1COc2ccccc2O1. The Morgan fingerprint density at radius 1 is 1.18 bits per heavy atom. The number of alkyl halides is 3. The van der Waals surface area contributed by atoms with Crippen molar-refractivity contribution in [2.45, 2.75) is 39.2 Å². The molecule has 1 atom stereocenters. The number of para-hydroxylation sites is 2. The summed E-state index contributed by atoms with van der Waals surface area (Å²) >= 11 is 5.69. The van der Waals surface area contributed by atoms with Crippen molar-refractivity contribution in [2.75, 3.05) is 6.61 Å². The number of hydrogen-bond acceptors (Lipinski definition) is 4. The second-order valence-corrected chi connectivity index (χ2v) is 8.23. The zero-order chi connectivity index (χ0) is 23.9. The lowest BCUT2D eigenvalue weighted by Gasteiger charge is -2.27. The van der Waals surface area contributed by atoms with Crippen LogP contribution in [0.4, 0.5) is 13.2 Å². The molecular formula is C23H20ClF3N2O4. The fraction of sp³-hybridized carbons (Fsp3) is 0.304. The molecule has 4 rings (SSSR count). The summed E-state index contributed by atoms with van der Waals surface area (Å²) in [5.41, 5.74) is -0.262. The lowest BCUT2D eigenvalue weighted by atomic mass is 10.1. The molecule has 0 fully saturated rings. The molecule has 0 radical (unpaired) electrons. The first-order valence-electron chi connectivity index (χ1n) is 10.1. The normalized spacial score (nSPS) is 15.5. The van der Waals surface area contributed by atoms with Gasteiger partial charge in [0.15, 0.2) is 23.4 Å². The highest BCUT2D eigenvalue weighted by Gasteiger charge is 2.32. The molecule has 0 amide bonds. The third kappa shape index (κ3) is 4.64. The summed E-state index contributed by atoms with van der Waals surface area (Å²) in [4.78, 5) is 25.1. The smallest absolute Gasteiger partial charge is 0.417 e. The van der Waals surface area contributed by atoms with Gasteiger partial charge in [0.25, 0.3) is 5.56 Å². The molecule has 3 aromatic rings. The first-order valence-corrected chi connectivity index (χ1v) is 10.5. The molecule has 0 N–H and O–H groups in total. The highest BCUT2D eigenvalue weighted by molar-refractivity contribution is 6.30. The van der Waals surface area contributed by atoms with Crippen LogP contribution in [-0.2, 0) is 19.3 Å². The van der Waals surface area contributed by atoms with Gasteiger partial charge in [-0.25, -0.2) is 0 Å². The van der Waals surface area contributed by atoms with Gasteiger partial charge in [-0.2, -0.15) is 13.2 Å². The molecule has 174 valence electrons. The first-order chi connectivity index (χ1) is 15.5. The van der Waals surface area contributed by atoms with Crippen LogP contribution in [0, 0.1) is 13.8 Å². The van der Waals surface area contributed by atoms with Crippen LogP contribution in [-0.4, -0.2) is 27.6 Å². The number of carbonyl (C=O) groups is 1. The molecule has 1 unspecified atom stereocenters. The molecule has 0 saturated carbocycles. The Morgan fingerprint density at radius 3 is 2.58 bits per heavy atom. The van der Waals surface area contributed by atoms with Crippen molar-refractivity contribution >= 4 is 17.4 Å². The molecule has 0 spiro atoms. The Bertz CT molecular complexity index is 1280. The van der Waals surface area contributed by atoms with Crippen LogP contribution >= 0.6 is 11.6 Å². The molecule has 0 aliphatic carbocycles. The monoisotopic (exact) mass is 480 g/mol. The zero-order valence-corrected chi connectivity index (χ0v) is 18.5. The summed E-state index contributed by atoms with van der Waals surface area (Å²) in [5, 5.41) is -0.599. The summed E-state index contributed by atoms with van der Waals surface area (Å²) in [6.45, 7) is 3.72. The van der Waals surface area contributed by atoms with E-state index in [4.69, 9.17) is 21.1 Å². The Labute approximate surface area is 192 Å². The van der Waals surface area contributed by atoms with E-state index in [1.807, 2.05) is 35.8 Å². The first kappa shape index (κ1) is 23.0. The maximum atomic E-state index is 13.1. The van der Waals surface area contributed by atoms with E-state index in [0.29, 0.717) is 52.7 Å².